The minimum Gasteiger partial charge on any atom is -0.508 e. The Kier molecular flexibility index (Phi) is 3.12. The van der Waals surface area contributed by atoms with Crippen LogP contribution in [0, 0.1) is 0 Å². The molecule has 4 N–H and O–H groups in total. The molecule has 0 aliphatic carbocycles. The molecule has 4 rings (SSSR count). The third-order valence-electron chi connectivity index (χ3n) is 4.10. The Balaban J connectivity index is 1.73. The second-order valence-electron chi connectivity index (χ2n) is 5.67. The van der Waals surface area contributed by atoms with Crippen molar-refractivity contribution >= 4 is 11.5 Å². The lowest BCUT2D eigenvalue weighted by Crippen LogP contribution is -2.06. The number of hydrogen-bond acceptors (Lipinski definition) is 5. The van der Waals surface area contributed by atoms with Crippen LogP contribution in [0.2, 0.25) is 0 Å². The Bertz CT molecular complexity index is 878. The van der Waals surface area contributed by atoms with E-state index in [0.29, 0.717) is 0 Å². The standard InChI is InChI=1S/C18H16N4O/c19-13-5-1-3-11(7-13)16-9-15-17(20-10-21-18(15)22-16)12-4-2-6-14(23)8-12/h1-8,10,16,23H,9,19H2,(H,20,21,22). The summed E-state index contributed by atoms with van der Waals surface area (Å²) in [5.74, 6) is 1.07. The molecule has 0 fully saturated rings. The number of fused-ring (bicyclic) bond motifs is 1. The number of anilines is 2. The largest absolute Gasteiger partial charge is 0.508 e. The van der Waals surface area contributed by atoms with Crippen molar-refractivity contribution < 1.29 is 5.11 Å². The van der Waals surface area contributed by atoms with E-state index in [4.69, 9.17) is 5.73 Å². The van der Waals surface area contributed by atoms with Crippen molar-refractivity contribution in [1.29, 1.82) is 0 Å². The van der Waals surface area contributed by atoms with Gasteiger partial charge in [-0.15, -0.1) is 0 Å². The Morgan fingerprint density at radius 2 is 1.96 bits per heavy atom. The highest BCUT2D eigenvalue weighted by Gasteiger charge is 2.26. The van der Waals surface area contributed by atoms with E-state index in [-0.39, 0.29) is 11.8 Å². The molecule has 1 aromatic heterocycles. The molecule has 0 saturated carbocycles. The number of benzene rings is 2. The van der Waals surface area contributed by atoms with E-state index in [1.807, 2.05) is 30.3 Å². The number of aromatic nitrogens is 2. The first-order valence-corrected chi connectivity index (χ1v) is 7.46. The molecule has 0 amide bonds. The van der Waals surface area contributed by atoms with Gasteiger partial charge in [0.1, 0.15) is 17.9 Å². The maximum Gasteiger partial charge on any atom is 0.133 e. The summed E-state index contributed by atoms with van der Waals surface area (Å²) < 4.78 is 0. The van der Waals surface area contributed by atoms with Crippen LogP contribution in [-0.2, 0) is 6.42 Å². The Morgan fingerprint density at radius 1 is 1.09 bits per heavy atom. The first kappa shape index (κ1) is 13.6. The van der Waals surface area contributed by atoms with E-state index < -0.39 is 0 Å². The summed E-state index contributed by atoms with van der Waals surface area (Å²) >= 11 is 0. The molecule has 3 aromatic rings. The highest BCUT2D eigenvalue weighted by molar-refractivity contribution is 5.71. The zero-order valence-corrected chi connectivity index (χ0v) is 12.4. The van der Waals surface area contributed by atoms with Gasteiger partial charge in [0.25, 0.3) is 0 Å². The smallest absolute Gasteiger partial charge is 0.133 e. The summed E-state index contributed by atoms with van der Waals surface area (Å²) in [7, 11) is 0. The minimum absolute atomic E-state index is 0.126. The number of phenolic OH excluding ortho intramolecular Hbond substituents is 1. The van der Waals surface area contributed by atoms with Gasteiger partial charge < -0.3 is 16.2 Å². The summed E-state index contributed by atoms with van der Waals surface area (Å²) in [6.45, 7) is 0. The summed E-state index contributed by atoms with van der Waals surface area (Å²) in [6.07, 6.45) is 2.33. The normalized spacial score (nSPS) is 15.9. The fourth-order valence-electron chi connectivity index (χ4n) is 3.03. The Labute approximate surface area is 133 Å². The second-order valence-corrected chi connectivity index (χ2v) is 5.67. The topological polar surface area (TPSA) is 84.1 Å². The fourth-order valence-corrected chi connectivity index (χ4v) is 3.03. The van der Waals surface area contributed by atoms with Crippen LogP contribution in [0.3, 0.4) is 0 Å². The fraction of sp³-hybridized carbons (Fsp3) is 0.111. The zero-order chi connectivity index (χ0) is 15.8. The number of hydrogen-bond donors (Lipinski definition) is 3. The summed E-state index contributed by atoms with van der Waals surface area (Å²) in [4.78, 5) is 8.77. The number of aromatic hydroxyl groups is 1. The lowest BCUT2D eigenvalue weighted by Gasteiger charge is -2.11. The highest BCUT2D eigenvalue weighted by Crippen LogP contribution is 2.38. The monoisotopic (exact) mass is 304 g/mol. The quantitative estimate of drug-likeness (QED) is 0.633. The Hall–Kier alpha value is -3.08. The van der Waals surface area contributed by atoms with Crippen LogP contribution in [0.15, 0.2) is 54.9 Å². The van der Waals surface area contributed by atoms with Crippen molar-refractivity contribution in [2.24, 2.45) is 0 Å². The van der Waals surface area contributed by atoms with E-state index >= 15 is 0 Å². The van der Waals surface area contributed by atoms with Crippen molar-refractivity contribution in [2.45, 2.75) is 12.5 Å². The van der Waals surface area contributed by atoms with Gasteiger partial charge in [-0.2, -0.15) is 0 Å². The maximum absolute atomic E-state index is 9.71. The lowest BCUT2D eigenvalue weighted by molar-refractivity contribution is 0.475. The van der Waals surface area contributed by atoms with Crippen molar-refractivity contribution in [1.82, 2.24) is 9.97 Å². The van der Waals surface area contributed by atoms with Gasteiger partial charge in [0, 0.05) is 23.2 Å². The average molecular weight is 304 g/mol. The first-order chi connectivity index (χ1) is 11.2. The molecule has 0 bridgehead atoms. The third kappa shape index (κ3) is 2.46. The molecular weight excluding hydrogens is 288 g/mol. The van der Waals surface area contributed by atoms with E-state index in [1.165, 1.54) is 0 Å². The SMILES string of the molecule is Nc1cccc(C2Cc3c(ncnc3-c3cccc(O)c3)N2)c1. The van der Waals surface area contributed by atoms with Crippen molar-refractivity contribution in [3.05, 3.63) is 66.0 Å². The van der Waals surface area contributed by atoms with Gasteiger partial charge >= 0.3 is 0 Å². The van der Waals surface area contributed by atoms with E-state index in [1.54, 1.807) is 18.5 Å². The maximum atomic E-state index is 9.71. The molecular formula is C18H16N4O. The van der Waals surface area contributed by atoms with E-state index in [2.05, 4.69) is 21.4 Å². The molecule has 1 aliphatic heterocycles. The van der Waals surface area contributed by atoms with Crippen molar-refractivity contribution in [3.8, 4) is 17.0 Å². The van der Waals surface area contributed by atoms with Gasteiger partial charge in [-0.1, -0.05) is 24.3 Å². The number of nitrogen functional groups attached to an aromatic ring is 1. The molecule has 2 heterocycles. The molecule has 0 saturated heterocycles. The second kappa shape index (κ2) is 5.28. The molecule has 1 atom stereocenters. The lowest BCUT2D eigenvalue weighted by atomic mass is 9.99. The molecule has 1 aliphatic rings. The predicted octanol–water partition coefficient (Wildman–Crippen LogP) is 3.14. The van der Waals surface area contributed by atoms with Crippen LogP contribution in [-0.4, -0.2) is 15.1 Å². The van der Waals surface area contributed by atoms with Crippen molar-refractivity contribution in [2.75, 3.05) is 11.1 Å². The van der Waals surface area contributed by atoms with Gasteiger partial charge in [0.05, 0.1) is 11.7 Å². The third-order valence-corrected chi connectivity index (χ3v) is 4.10. The average Bonchev–Trinajstić information content (AvgIpc) is 2.99. The van der Waals surface area contributed by atoms with Crippen LogP contribution in [0.5, 0.6) is 5.75 Å². The Morgan fingerprint density at radius 3 is 2.78 bits per heavy atom. The number of nitrogens with two attached hydrogens (primary N) is 1. The molecule has 5 nitrogen and oxygen atoms in total. The molecule has 114 valence electrons. The van der Waals surface area contributed by atoms with Crippen LogP contribution in [0.4, 0.5) is 11.5 Å². The minimum atomic E-state index is 0.126. The predicted molar refractivity (Wildman–Crippen MR) is 90.1 cm³/mol. The van der Waals surface area contributed by atoms with Crippen molar-refractivity contribution in [3.63, 3.8) is 0 Å². The van der Waals surface area contributed by atoms with Gasteiger partial charge in [-0.25, -0.2) is 9.97 Å². The number of nitrogens with zero attached hydrogens (tertiary/aromatic N) is 2. The van der Waals surface area contributed by atoms with E-state index in [9.17, 15) is 5.11 Å². The van der Waals surface area contributed by atoms with Gasteiger partial charge in [0.15, 0.2) is 0 Å². The number of phenols is 1. The van der Waals surface area contributed by atoms with Gasteiger partial charge in [-0.3, -0.25) is 0 Å². The zero-order valence-electron chi connectivity index (χ0n) is 12.4. The molecule has 0 spiro atoms. The van der Waals surface area contributed by atoms with Crippen LogP contribution < -0.4 is 11.1 Å². The van der Waals surface area contributed by atoms with Gasteiger partial charge in [0.2, 0.25) is 0 Å². The van der Waals surface area contributed by atoms with E-state index in [0.717, 1.165) is 40.3 Å². The van der Waals surface area contributed by atoms with Crippen LogP contribution in [0.1, 0.15) is 17.2 Å². The van der Waals surface area contributed by atoms with Gasteiger partial charge in [-0.05, 0) is 29.8 Å². The molecule has 0 radical (unpaired) electrons. The number of rotatable bonds is 2. The molecule has 1 unspecified atom stereocenters. The molecule has 23 heavy (non-hydrogen) atoms. The van der Waals surface area contributed by atoms with Crippen LogP contribution >= 0.6 is 0 Å². The first-order valence-electron chi connectivity index (χ1n) is 7.46. The summed E-state index contributed by atoms with van der Waals surface area (Å²) in [6, 6.07) is 15.1. The molecule has 2 aromatic carbocycles. The number of nitrogens with one attached hydrogen (secondary N) is 1. The highest BCUT2D eigenvalue weighted by atomic mass is 16.3. The summed E-state index contributed by atoms with van der Waals surface area (Å²) in [5.41, 5.74) is 10.6. The molecule has 5 heteroatoms. The summed E-state index contributed by atoms with van der Waals surface area (Å²) in [5, 5.41) is 13.1. The van der Waals surface area contributed by atoms with Crippen LogP contribution in [0.25, 0.3) is 11.3 Å².